The van der Waals surface area contributed by atoms with Crippen molar-refractivity contribution in [1.29, 1.82) is 0 Å². The van der Waals surface area contributed by atoms with Gasteiger partial charge in [-0.05, 0) is 32.9 Å². The van der Waals surface area contributed by atoms with Crippen LogP contribution in [0.1, 0.15) is 32.6 Å². The second-order valence-electron chi connectivity index (χ2n) is 4.98. The zero-order chi connectivity index (χ0) is 13.4. The molecule has 0 aliphatic carbocycles. The fourth-order valence-corrected chi connectivity index (χ4v) is 2.27. The van der Waals surface area contributed by atoms with Crippen molar-refractivity contribution in [2.75, 3.05) is 33.4 Å². The fraction of sp³-hybridized carbons (Fsp3) is 0.923. The molecule has 1 fully saturated rings. The maximum atomic E-state index is 12.0. The average molecular weight is 258 g/mol. The lowest BCUT2D eigenvalue weighted by Gasteiger charge is -2.26. The molecule has 1 aliphatic rings. The zero-order valence-electron chi connectivity index (χ0n) is 11.5. The normalized spacial score (nSPS) is 21.1. The summed E-state index contributed by atoms with van der Waals surface area (Å²) in [6.07, 6.45) is 4.23. The van der Waals surface area contributed by atoms with Gasteiger partial charge >= 0.3 is 0 Å². The molecule has 0 aromatic rings. The summed E-state index contributed by atoms with van der Waals surface area (Å²) in [5.41, 5.74) is 0. The molecule has 18 heavy (non-hydrogen) atoms. The summed E-state index contributed by atoms with van der Waals surface area (Å²) in [5, 5.41) is 12.3. The number of ether oxygens (including phenoxy) is 1. The largest absolute Gasteiger partial charge is 0.389 e. The van der Waals surface area contributed by atoms with Crippen molar-refractivity contribution < 1.29 is 14.6 Å². The third-order valence-electron chi connectivity index (χ3n) is 3.44. The lowest BCUT2D eigenvalue weighted by molar-refractivity contribution is -0.126. The Hall–Kier alpha value is -0.650. The van der Waals surface area contributed by atoms with E-state index in [2.05, 4.69) is 10.2 Å². The van der Waals surface area contributed by atoms with Crippen LogP contribution in [-0.2, 0) is 9.53 Å². The lowest BCUT2D eigenvalue weighted by atomic mass is 10.2. The Morgan fingerprint density at radius 3 is 2.50 bits per heavy atom. The van der Waals surface area contributed by atoms with Crippen molar-refractivity contribution >= 4 is 5.91 Å². The number of hydrogen-bond donors (Lipinski definition) is 2. The molecule has 5 nitrogen and oxygen atoms in total. The van der Waals surface area contributed by atoms with E-state index in [1.807, 2.05) is 6.92 Å². The number of hydrogen-bond acceptors (Lipinski definition) is 4. The Bertz CT molecular complexity index is 240. The van der Waals surface area contributed by atoms with E-state index < -0.39 is 6.10 Å². The molecule has 0 unspecified atom stereocenters. The number of aliphatic hydroxyl groups excluding tert-OH is 1. The van der Waals surface area contributed by atoms with Crippen molar-refractivity contribution in [2.24, 2.45) is 0 Å². The SMILES string of the molecule is COC[C@H](O)CNC(=O)[C@H](C)N1CCCCCC1. The summed E-state index contributed by atoms with van der Waals surface area (Å²) in [6, 6.07) is -0.113. The van der Waals surface area contributed by atoms with E-state index in [4.69, 9.17) is 4.74 Å². The molecule has 0 radical (unpaired) electrons. The molecular formula is C13H26N2O3. The molecule has 0 saturated carbocycles. The van der Waals surface area contributed by atoms with Crippen molar-refractivity contribution in [3.63, 3.8) is 0 Å². The molecule has 106 valence electrons. The summed E-state index contributed by atoms with van der Waals surface area (Å²) < 4.78 is 4.82. The van der Waals surface area contributed by atoms with Gasteiger partial charge in [-0.1, -0.05) is 12.8 Å². The van der Waals surface area contributed by atoms with E-state index in [0.29, 0.717) is 0 Å². The van der Waals surface area contributed by atoms with Gasteiger partial charge in [0.25, 0.3) is 0 Å². The highest BCUT2D eigenvalue weighted by atomic mass is 16.5. The van der Waals surface area contributed by atoms with Crippen molar-refractivity contribution in [2.45, 2.75) is 44.8 Å². The van der Waals surface area contributed by atoms with E-state index in [-0.39, 0.29) is 25.1 Å². The van der Waals surface area contributed by atoms with Crippen molar-refractivity contribution in [1.82, 2.24) is 10.2 Å². The fourth-order valence-electron chi connectivity index (χ4n) is 2.27. The molecule has 5 heteroatoms. The number of aliphatic hydroxyl groups is 1. The van der Waals surface area contributed by atoms with Crippen LogP contribution < -0.4 is 5.32 Å². The first-order valence-electron chi connectivity index (χ1n) is 6.84. The molecule has 2 atom stereocenters. The number of carbonyl (C=O) groups excluding carboxylic acids is 1. The Balaban J connectivity index is 2.30. The van der Waals surface area contributed by atoms with E-state index in [1.54, 1.807) is 0 Å². The molecule has 1 saturated heterocycles. The monoisotopic (exact) mass is 258 g/mol. The summed E-state index contributed by atoms with van der Waals surface area (Å²) >= 11 is 0. The summed E-state index contributed by atoms with van der Waals surface area (Å²) in [5.74, 6) is -0.00736. The highest BCUT2D eigenvalue weighted by molar-refractivity contribution is 5.81. The number of rotatable bonds is 6. The van der Waals surface area contributed by atoms with Crippen LogP contribution in [0.15, 0.2) is 0 Å². The molecule has 0 spiro atoms. The van der Waals surface area contributed by atoms with Gasteiger partial charge in [0.05, 0.1) is 18.8 Å². The smallest absolute Gasteiger partial charge is 0.237 e. The number of nitrogens with zero attached hydrogens (tertiary/aromatic N) is 1. The van der Waals surface area contributed by atoms with Crippen molar-refractivity contribution in [3.8, 4) is 0 Å². The Morgan fingerprint density at radius 2 is 1.94 bits per heavy atom. The number of methoxy groups -OCH3 is 1. The minimum atomic E-state index is -0.629. The third-order valence-corrected chi connectivity index (χ3v) is 3.44. The van der Waals surface area contributed by atoms with Gasteiger partial charge in [-0.15, -0.1) is 0 Å². The average Bonchev–Trinajstić information content (AvgIpc) is 2.64. The molecule has 1 heterocycles. The maximum absolute atomic E-state index is 12.0. The predicted molar refractivity (Wildman–Crippen MR) is 70.4 cm³/mol. The minimum Gasteiger partial charge on any atom is -0.389 e. The van der Waals surface area contributed by atoms with Crippen LogP contribution in [0.2, 0.25) is 0 Å². The molecule has 0 aromatic carbocycles. The van der Waals surface area contributed by atoms with Gasteiger partial charge in [0.2, 0.25) is 5.91 Å². The van der Waals surface area contributed by atoms with Gasteiger partial charge in [-0.2, -0.15) is 0 Å². The first kappa shape index (κ1) is 15.4. The Morgan fingerprint density at radius 1 is 1.33 bits per heavy atom. The summed E-state index contributed by atoms with van der Waals surface area (Å²) in [4.78, 5) is 14.2. The molecule has 0 bridgehead atoms. The molecule has 1 aliphatic heterocycles. The lowest BCUT2D eigenvalue weighted by Crippen LogP contribution is -2.47. The van der Waals surface area contributed by atoms with E-state index >= 15 is 0 Å². The van der Waals surface area contributed by atoms with Gasteiger partial charge in [-0.3, -0.25) is 9.69 Å². The van der Waals surface area contributed by atoms with E-state index in [0.717, 1.165) is 13.1 Å². The van der Waals surface area contributed by atoms with Crippen molar-refractivity contribution in [3.05, 3.63) is 0 Å². The number of carbonyl (C=O) groups is 1. The summed E-state index contributed by atoms with van der Waals surface area (Å²) in [6.45, 7) is 4.43. The van der Waals surface area contributed by atoms with Gasteiger partial charge in [0, 0.05) is 13.7 Å². The van der Waals surface area contributed by atoms with Crippen LogP contribution in [0.25, 0.3) is 0 Å². The first-order valence-corrected chi connectivity index (χ1v) is 6.84. The van der Waals surface area contributed by atoms with Gasteiger partial charge < -0.3 is 15.2 Å². The second-order valence-corrected chi connectivity index (χ2v) is 4.98. The highest BCUT2D eigenvalue weighted by Gasteiger charge is 2.22. The van der Waals surface area contributed by atoms with Crippen LogP contribution >= 0.6 is 0 Å². The molecule has 2 N–H and O–H groups in total. The third kappa shape index (κ3) is 5.33. The van der Waals surface area contributed by atoms with Crippen LogP contribution in [-0.4, -0.2) is 61.4 Å². The highest BCUT2D eigenvalue weighted by Crippen LogP contribution is 2.12. The first-order chi connectivity index (χ1) is 8.65. The van der Waals surface area contributed by atoms with E-state index in [1.165, 1.54) is 32.8 Å². The Kier molecular flexibility index (Phi) is 7.23. The summed E-state index contributed by atoms with van der Waals surface area (Å²) in [7, 11) is 1.53. The standard InChI is InChI=1S/C13H26N2O3/c1-11(15-7-5-3-4-6-8-15)13(17)14-9-12(16)10-18-2/h11-12,16H,3-10H2,1-2H3,(H,14,17)/t11-,12+/m0/s1. The minimum absolute atomic E-state index is 0.00736. The number of amides is 1. The van der Waals surface area contributed by atoms with Crippen LogP contribution in [0.3, 0.4) is 0 Å². The number of likely N-dealkylation sites (tertiary alicyclic amines) is 1. The van der Waals surface area contributed by atoms with Crippen LogP contribution in [0.4, 0.5) is 0 Å². The van der Waals surface area contributed by atoms with Crippen LogP contribution in [0, 0.1) is 0 Å². The van der Waals surface area contributed by atoms with Crippen LogP contribution in [0.5, 0.6) is 0 Å². The maximum Gasteiger partial charge on any atom is 0.237 e. The zero-order valence-corrected chi connectivity index (χ0v) is 11.5. The van der Waals surface area contributed by atoms with Gasteiger partial charge in [0.15, 0.2) is 0 Å². The predicted octanol–water partition coefficient (Wildman–Crippen LogP) is 0.374. The van der Waals surface area contributed by atoms with Gasteiger partial charge in [-0.25, -0.2) is 0 Å². The van der Waals surface area contributed by atoms with Gasteiger partial charge in [0.1, 0.15) is 0 Å². The number of nitrogens with one attached hydrogen (secondary N) is 1. The van der Waals surface area contributed by atoms with E-state index in [9.17, 15) is 9.90 Å². The quantitative estimate of drug-likeness (QED) is 0.723. The molecule has 1 rings (SSSR count). The molecular weight excluding hydrogens is 232 g/mol. The molecule has 0 aromatic heterocycles. The topological polar surface area (TPSA) is 61.8 Å². The molecule has 1 amide bonds. The Labute approximate surface area is 109 Å². The second kappa shape index (κ2) is 8.45.